The molecule has 1 N–H and O–H groups in total. The zero-order chi connectivity index (χ0) is 25.2. The van der Waals surface area contributed by atoms with Gasteiger partial charge in [-0.05, 0) is 48.7 Å². The Labute approximate surface area is 209 Å². The molecule has 2 aromatic heterocycles. The molecule has 0 radical (unpaired) electrons. The molecule has 1 unspecified atom stereocenters. The molecule has 1 fully saturated rings. The minimum Gasteiger partial charge on any atom is -0.505 e. The van der Waals surface area contributed by atoms with Crippen LogP contribution in [0.2, 0.25) is 0 Å². The Morgan fingerprint density at radius 2 is 1.81 bits per heavy atom. The second-order valence-electron chi connectivity index (χ2n) is 8.81. The van der Waals surface area contributed by atoms with Crippen LogP contribution in [0.3, 0.4) is 0 Å². The first-order valence-corrected chi connectivity index (χ1v) is 12.0. The van der Waals surface area contributed by atoms with Crippen molar-refractivity contribution in [3.8, 4) is 5.75 Å². The second kappa shape index (κ2) is 9.70. The topological polar surface area (TPSA) is 84.1 Å². The molecule has 3 heterocycles. The average molecular weight is 482 g/mol. The van der Waals surface area contributed by atoms with E-state index in [-0.39, 0.29) is 17.9 Å². The van der Waals surface area contributed by atoms with Gasteiger partial charge >= 0.3 is 0 Å². The zero-order valence-corrected chi connectivity index (χ0v) is 20.2. The third-order valence-corrected chi connectivity index (χ3v) is 6.31. The van der Waals surface area contributed by atoms with Gasteiger partial charge in [0.2, 0.25) is 0 Å². The first-order chi connectivity index (χ1) is 17.5. The molecule has 182 valence electrons. The molecule has 0 spiro atoms. The number of hydrogen-bond acceptors (Lipinski definition) is 5. The Bertz CT molecular complexity index is 1470. The maximum absolute atomic E-state index is 13.5. The van der Waals surface area contributed by atoms with Crippen LogP contribution < -0.4 is 4.74 Å². The number of likely N-dealkylation sites (tertiary alicyclic amines) is 1. The van der Waals surface area contributed by atoms with Gasteiger partial charge < -0.3 is 14.7 Å². The molecule has 1 aliphatic heterocycles. The second-order valence-corrected chi connectivity index (χ2v) is 8.81. The maximum Gasteiger partial charge on any atom is 0.295 e. The van der Waals surface area contributed by atoms with Gasteiger partial charge in [0.15, 0.2) is 5.76 Å². The van der Waals surface area contributed by atoms with Gasteiger partial charge in [-0.1, -0.05) is 55.5 Å². The Morgan fingerprint density at radius 3 is 2.58 bits per heavy atom. The molecule has 7 nitrogen and oxygen atoms in total. The summed E-state index contributed by atoms with van der Waals surface area (Å²) in [6.45, 7) is 4.57. The minimum atomic E-state index is -0.788. The van der Waals surface area contributed by atoms with Crippen molar-refractivity contribution in [3.05, 3.63) is 107 Å². The molecule has 0 aliphatic carbocycles. The van der Waals surface area contributed by atoms with E-state index in [0.717, 1.165) is 12.0 Å². The smallest absolute Gasteiger partial charge is 0.295 e. The van der Waals surface area contributed by atoms with Crippen molar-refractivity contribution in [2.75, 3.05) is 6.61 Å². The van der Waals surface area contributed by atoms with Crippen LogP contribution in [0.15, 0.2) is 84.6 Å². The minimum absolute atomic E-state index is 0.0392. The van der Waals surface area contributed by atoms with Crippen LogP contribution >= 0.6 is 0 Å². The van der Waals surface area contributed by atoms with Crippen LogP contribution in [0.5, 0.6) is 5.75 Å². The highest BCUT2D eigenvalue weighted by molar-refractivity contribution is 6.46. The fourth-order valence-corrected chi connectivity index (χ4v) is 4.69. The Kier molecular flexibility index (Phi) is 6.29. The molecule has 1 saturated heterocycles. The van der Waals surface area contributed by atoms with E-state index in [2.05, 4.69) is 4.98 Å². The number of aryl methyl sites for hydroxylation is 1. The van der Waals surface area contributed by atoms with Gasteiger partial charge in [-0.2, -0.15) is 0 Å². The van der Waals surface area contributed by atoms with Crippen molar-refractivity contribution >= 4 is 23.1 Å². The summed E-state index contributed by atoms with van der Waals surface area (Å²) in [5.74, 6) is -0.981. The normalized spacial score (nSPS) is 17.2. The van der Waals surface area contributed by atoms with Gasteiger partial charge in [0.05, 0.1) is 23.9 Å². The molecule has 1 atom stereocenters. The van der Waals surface area contributed by atoms with Crippen molar-refractivity contribution in [1.29, 1.82) is 0 Å². The third kappa shape index (κ3) is 4.13. The molecule has 1 amide bonds. The van der Waals surface area contributed by atoms with E-state index in [4.69, 9.17) is 4.74 Å². The van der Waals surface area contributed by atoms with Crippen molar-refractivity contribution < 1.29 is 19.4 Å². The van der Waals surface area contributed by atoms with Crippen LogP contribution in [-0.2, 0) is 16.1 Å². The summed E-state index contributed by atoms with van der Waals surface area (Å²) < 4.78 is 7.56. The number of aliphatic hydroxyl groups excluding tert-OH is 1. The number of ether oxygens (including phenoxy) is 1. The number of carbonyl (C=O) groups is 2. The Hall–Kier alpha value is -4.39. The number of hydrogen-bond donors (Lipinski definition) is 1. The van der Waals surface area contributed by atoms with Crippen molar-refractivity contribution in [3.63, 3.8) is 0 Å². The summed E-state index contributed by atoms with van der Waals surface area (Å²) in [7, 11) is 0. The molecule has 7 heteroatoms. The van der Waals surface area contributed by atoms with E-state index in [9.17, 15) is 14.7 Å². The van der Waals surface area contributed by atoms with Gasteiger partial charge in [0, 0.05) is 12.7 Å². The van der Waals surface area contributed by atoms with Gasteiger partial charge in [0.1, 0.15) is 17.1 Å². The number of imidazole rings is 1. The van der Waals surface area contributed by atoms with Crippen LogP contribution in [0, 0.1) is 6.92 Å². The van der Waals surface area contributed by atoms with E-state index < -0.39 is 17.7 Å². The van der Waals surface area contributed by atoms with Gasteiger partial charge in [-0.25, -0.2) is 4.98 Å². The lowest BCUT2D eigenvalue weighted by Gasteiger charge is -2.26. The Balaban J connectivity index is 1.69. The molecule has 5 rings (SSSR count). The lowest BCUT2D eigenvalue weighted by molar-refractivity contribution is -0.140. The predicted octanol–water partition coefficient (Wildman–Crippen LogP) is 5.05. The maximum atomic E-state index is 13.5. The van der Waals surface area contributed by atoms with Crippen LogP contribution in [0.1, 0.15) is 41.9 Å². The van der Waals surface area contributed by atoms with Gasteiger partial charge in [-0.15, -0.1) is 0 Å². The van der Waals surface area contributed by atoms with Crippen molar-refractivity contribution in [2.45, 2.75) is 32.9 Å². The number of ketones is 1. The largest absolute Gasteiger partial charge is 0.505 e. The highest BCUT2D eigenvalue weighted by Gasteiger charge is 2.46. The predicted molar refractivity (Wildman–Crippen MR) is 136 cm³/mol. The summed E-state index contributed by atoms with van der Waals surface area (Å²) in [5.41, 5.74) is 3.21. The first-order valence-electron chi connectivity index (χ1n) is 12.0. The number of benzene rings is 2. The standard InChI is InChI=1S/C29H27N3O4/c1-3-16-36-22-13-9-12-21(17-22)26-24(27(33)25-19(2)30-23-14-7-8-15-31(23)25)28(34)29(35)32(26)18-20-10-5-4-6-11-20/h4-15,17,26,33H,3,16,18H2,1-2H3/b27-24+. The highest BCUT2D eigenvalue weighted by Crippen LogP contribution is 2.41. The van der Waals surface area contributed by atoms with Crippen LogP contribution in [0.25, 0.3) is 11.4 Å². The Morgan fingerprint density at radius 1 is 1.03 bits per heavy atom. The molecular weight excluding hydrogens is 454 g/mol. The van der Waals surface area contributed by atoms with Gasteiger partial charge in [0.25, 0.3) is 11.7 Å². The number of aliphatic hydroxyl groups is 1. The molecule has 0 saturated carbocycles. The number of aromatic nitrogens is 2. The molecule has 1 aliphatic rings. The summed E-state index contributed by atoms with van der Waals surface area (Å²) in [4.78, 5) is 32.9. The number of Topliss-reactive ketones (excluding diaryl/α,β-unsaturated/α-hetero) is 1. The van der Waals surface area contributed by atoms with Crippen molar-refractivity contribution in [1.82, 2.24) is 14.3 Å². The number of amides is 1. The molecular formula is C29H27N3O4. The van der Waals surface area contributed by atoms with E-state index in [1.165, 1.54) is 4.90 Å². The van der Waals surface area contributed by atoms with E-state index in [1.807, 2.05) is 79.7 Å². The lowest BCUT2D eigenvalue weighted by atomic mass is 9.96. The fraction of sp³-hybridized carbons (Fsp3) is 0.207. The SMILES string of the molecule is CCCOc1cccc(C2/C(=C(\O)c3c(C)nc4ccccn34)C(=O)C(=O)N2Cc2ccccc2)c1. The van der Waals surface area contributed by atoms with Crippen LogP contribution in [0.4, 0.5) is 0 Å². The summed E-state index contributed by atoms with van der Waals surface area (Å²) in [6.07, 6.45) is 2.63. The monoisotopic (exact) mass is 481 g/mol. The quantitative estimate of drug-likeness (QED) is 0.227. The molecule has 4 aromatic rings. The molecule has 0 bridgehead atoms. The number of carbonyl (C=O) groups excluding carboxylic acids is 2. The van der Waals surface area contributed by atoms with Gasteiger partial charge in [-0.3, -0.25) is 14.0 Å². The number of fused-ring (bicyclic) bond motifs is 1. The fourth-order valence-electron chi connectivity index (χ4n) is 4.69. The van der Waals surface area contributed by atoms with Crippen molar-refractivity contribution in [2.24, 2.45) is 0 Å². The molecule has 36 heavy (non-hydrogen) atoms. The van der Waals surface area contributed by atoms with E-state index in [1.54, 1.807) is 17.5 Å². The summed E-state index contributed by atoms with van der Waals surface area (Å²) >= 11 is 0. The number of nitrogens with zero attached hydrogens (tertiary/aromatic N) is 3. The summed E-state index contributed by atoms with van der Waals surface area (Å²) in [5, 5.41) is 11.6. The highest BCUT2D eigenvalue weighted by atomic mass is 16.5. The van der Waals surface area contributed by atoms with Crippen LogP contribution in [-0.4, -0.2) is 37.7 Å². The number of rotatable bonds is 7. The summed E-state index contributed by atoms with van der Waals surface area (Å²) in [6, 6.07) is 21.6. The lowest BCUT2D eigenvalue weighted by Crippen LogP contribution is -2.29. The van der Waals surface area contributed by atoms with E-state index in [0.29, 0.717) is 35.0 Å². The average Bonchev–Trinajstić information content (AvgIpc) is 3.36. The number of pyridine rings is 1. The first kappa shape index (κ1) is 23.4. The molecule has 2 aromatic carbocycles. The van der Waals surface area contributed by atoms with E-state index >= 15 is 0 Å². The third-order valence-electron chi connectivity index (χ3n) is 6.31. The zero-order valence-electron chi connectivity index (χ0n) is 20.2.